The fourth-order valence-electron chi connectivity index (χ4n) is 3.10. The fraction of sp³-hybridized carbons (Fsp3) is 0.500. The maximum Gasteiger partial charge on any atom is 0.271 e. The molecule has 1 unspecified atom stereocenters. The molecular weight excluding hydrogens is 328 g/mol. The van der Waals surface area contributed by atoms with Gasteiger partial charge in [0.25, 0.3) is 11.5 Å². The molecule has 1 saturated carbocycles. The van der Waals surface area contributed by atoms with E-state index < -0.39 is 6.04 Å². The van der Waals surface area contributed by atoms with Crippen molar-refractivity contribution >= 4 is 22.4 Å². The first-order valence-corrected chi connectivity index (χ1v) is 8.88. The van der Waals surface area contributed by atoms with Crippen LogP contribution in [0.3, 0.4) is 0 Å². The number of carbonyl (C=O) groups is 1. The van der Waals surface area contributed by atoms with Crippen LogP contribution >= 0.6 is 11.3 Å². The molecule has 24 heavy (non-hydrogen) atoms. The largest absolute Gasteiger partial charge is 0.495 e. The van der Waals surface area contributed by atoms with Crippen LogP contribution < -0.4 is 15.6 Å². The van der Waals surface area contributed by atoms with Gasteiger partial charge in [-0.3, -0.25) is 9.59 Å². The van der Waals surface area contributed by atoms with Crippen LogP contribution in [0.25, 0.3) is 0 Å². The molecular formula is C16H20N4O3S. The highest BCUT2D eigenvalue weighted by atomic mass is 32.1. The second-order valence-electron chi connectivity index (χ2n) is 5.91. The molecule has 0 radical (unpaired) electrons. The number of nitrogens with one attached hydrogen (secondary N) is 1. The van der Waals surface area contributed by atoms with Crippen molar-refractivity contribution in [3.63, 3.8) is 0 Å². The first kappa shape index (κ1) is 16.6. The minimum atomic E-state index is -0.643. The van der Waals surface area contributed by atoms with Crippen LogP contribution in [-0.4, -0.2) is 27.8 Å². The molecule has 7 nitrogen and oxygen atoms in total. The molecule has 128 valence electrons. The Bertz CT molecular complexity index is 738. The number of thiazole rings is 1. The SMILES string of the molecule is COc1cnn(C(CC2CCCC2)C(=O)Nc2nccs2)c(=O)c1. The number of aromatic nitrogens is 3. The van der Waals surface area contributed by atoms with Crippen molar-refractivity contribution in [3.8, 4) is 5.75 Å². The molecule has 2 aromatic heterocycles. The Kier molecular flexibility index (Phi) is 5.24. The number of hydrogen-bond donors (Lipinski definition) is 1. The molecule has 0 saturated heterocycles. The number of rotatable bonds is 6. The fourth-order valence-corrected chi connectivity index (χ4v) is 3.63. The summed E-state index contributed by atoms with van der Waals surface area (Å²) >= 11 is 1.35. The van der Waals surface area contributed by atoms with Gasteiger partial charge < -0.3 is 10.1 Å². The van der Waals surface area contributed by atoms with E-state index in [0.717, 1.165) is 12.8 Å². The lowest BCUT2D eigenvalue weighted by Crippen LogP contribution is -2.35. The van der Waals surface area contributed by atoms with Gasteiger partial charge in [0.15, 0.2) is 5.13 Å². The van der Waals surface area contributed by atoms with E-state index in [1.54, 1.807) is 11.6 Å². The summed E-state index contributed by atoms with van der Waals surface area (Å²) in [6.07, 6.45) is 8.23. The monoisotopic (exact) mass is 348 g/mol. The molecule has 1 N–H and O–H groups in total. The predicted molar refractivity (Wildman–Crippen MR) is 91.4 cm³/mol. The lowest BCUT2D eigenvalue weighted by atomic mass is 9.98. The van der Waals surface area contributed by atoms with Crippen LogP contribution in [-0.2, 0) is 4.79 Å². The van der Waals surface area contributed by atoms with Crippen molar-refractivity contribution in [2.75, 3.05) is 12.4 Å². The molecule has 1 amide bonds. The quantitative estimate of drug-likeness (QED) is 0.867. The summed E-state index contributed by atoms with van der Waals surface area (Å²) < 4.78 is 6.28. The molecule has 1 aliphatic rings. The van der Waals surface area contributed by atoms with Crippen LogP contribution in [0, 0.1) is 5.92 Å². The number of carbonyl (C=O) groups excluding carboxylic acids is 1. The maximum absolute atomic E-state index is 12.7. The van der Waals surface area contributed by atoms with E-state index in [-0.39, 0.29) is 11.5 Å². The highest BCUT2D eigenvalue weighted by Gasteiger charge is 2.28. The van der Waals surface area contributed by atoms with Gasteiger partial charge in [-0.15, -0.1) is 11.3 Å². The Balaban J connectivity index is 1.85. The lowest BCUT2D eigenvalue weighted by molar-refractivity contribution is -0.120. The molecule has 3 rings (SSSR count). The summed E-state index contributed by atoms with van der Waals surface area (Å²) in [6.45, 7) is 0. The van der Waals surface area contributed by atoms with Gasteiger partial charge in [0.1, 0.15) is 11.8 Å². The van der Waals surface area contributed by atoms with E-state index in [0.29, 0.717) is 23.2 Å². The normalized spacial score (nSPS) is 16.0. The lowest BCUT2D eigenvalue weighted by Gasteiger charge is -2.20. The summed E-state index contributed by atoms with van der Waals surface area (Å²) in [6, 6.07) is 0.709. The predicted octanol–water partition coefficient (Wildman–Crippen LogP) is 2.47. The van der Waals surface area contributed by atoms with E-state index in [1.165, 1.54) is 48.2 Å². The highest BCUT2D eigenvalue weighted by Crippen LogP contribution is 2.32. The zero-order valence-electron chi connectivity index (χ0n) is 13.5. The molecule has 1 fully saturated rings. The Morgan fingerprint density at radius 2 is 2.29 bits per heavy atom. The standard InChI is InChI=1S/C16H20N4O3S/c1-23-12-9-14(21)20(18-10-12)13(8-11-4-2-3-5-11)15(22)19-16-17-6-7-24-16/h6-7,9-11,13H,2-5,8H2,1H3,(H,17,19,22). The van der Waals surface area contributed by atoms with Crippen molar-refractivity contribution in [2.24, 2.45) is 5.92 Å². The van der Waals surface area contributed by atoms with Gasteiger partial charge in [-0.2, -0.15) is 5.10 Å². The highest BCUT2D eigenvalue weighted by molar-refractivity contribution is 7.13. The number of ether oxygens (including phenoxy) is 1. The average molecular weight is 348 g/mol. The van der Waals surface area contributed by atoms with E-state index in [9.17, 15) is 9.59 Å². The Morgan fingerprint density at radius 1 is 1.50 bits per heavy atom. The van der Waals surface area contributed by atoms with Gasteiger partial charge in [-0.1, -0.05) is 25.7 Å². The summed E-state index contributed by atoms with van der Waals surface area (Å²) in [5, 5.41) is 9.25. The minimum Gasteiger partial charge on any atom is -0.495 e. The average Bonchev–Trinajstić information content (AvgIpc) is 3.26. The molecule has 1 aliphatic carbocycles. The number of amides is 1. The Labute approximate surface area is 143 Å². The van der Waals surface area contributed by atoms with Gasteiger partial charge >= 0.3 is 0 Å². The minimum absolute atomic E-state index is 0.253. The Morgan fingerprint density at radius 3 is 2.92 bits per heavy atom. The van der Waals surface area contributed by atoms with Crippen molar-refractivity contribution in [3.05, 3.63) is 34.2 Å². The van der Waals surface area contributed by atoms with Crippen LogP contribution in [0.4, 0.5) is 5.13 Å². The first-order valence-electron chi connectivity index (χ1n) is 8.00. The zero-order chi connectivity index (χ0) is 16.9. The van der Waals surface area contributed by atoms with Crippen molar-refractivity contribution < 1.29 is 9.53 Å². The van der Waals surface area contributed by atoms with Crippen molar-refractivity contribution in [1.82, 2.24) is 14.8 Å². The summed E-state index contributed by atoms with van der Waals surface area (Å²) in [7, 11) is 1.48. The van der Waals surface area contributed by atoms with Crippen LogP contribution in [0.2, 0.25) is 0 Å². The topological polar surface area (TPSA) is 86.1 Å². The van der Waals surface area contributed by atoms with Crippen molar-refractivity contribution in [1.29, 1.82) is 0 Å². The Hall–Kier alpha value is -2.22. The van der Waals surface area contributed by atoms with E-state index in [4.69, 9.17) is 4.74 Å². The van der Waals surface area contributed by atoms with Gasteiger partial charge in [-0.05, 0) is 12.3 Å². The molecule has 0 spiro atoms. The number of anilines is 1. The molecule has 2 heterocycles. The summed E-state index contributed by atoms with van der Waals surface area (Å²) in [5.41, 5.74) is -0.341. The van der Waals surface area contributed by atoms with E-state index in [1.807, 2.05) is 0 Å². The van der Waals surface area contributed by atoms with Crippen LogP contribution in [0.5, 0.6) is 5.75 Å². The number of methoxy groups -OCH3 is 1. The van der Waals surface area contributed by atoms with Gasteiger partial charge in [0.05, 0.1) is 13.3 Å². The van der Waals surface area contributed by atoms with Gasteiger partial charge in [0, 0.05) is 17.6 Å². The van der Waals surface area contributed by atoms with Crippen LogP contribution in [0.15, 0.2) is 28.6 Å². The second kappa shape index (κ2) is 7.57. The molecule has 2 aromatic rings. The van der Waals surface area contributed by atoms with Crippen molar-refractivity contribution in [2.45, 2.75) is 38.1 Å². The molecule has 0 aliphatic heterocycles. The third-order valence-corrected chi connectivity index (χ3v) is 5.02. The van der Waals surface area contributed by atoms with Gasteiger partial charge in [-0.25, -0.2) is 9.67 Å². The molecule has 0 bridgehead atoms. The number of hydrogen-bond acceptors (Lipinski definition) is 6. The molecule has 1 atom stereocenters. The summed E-state index contributed by atoms with van der Waals surface area (Å²) in [4.78, 5) is 29.2. The third kappa shape index (κ3) is 3.81. The number of nitrogens with zero attached hydrogens (tertiary/aromatic N) is 3. The zero-order valence-corrected chi connectivity index (χ0v) is 14.3. The third-order valence-electron chi connectivity index (χ3n) is 4.33. The molecule has 0 aromatic carbocycles. The van der Waals surface area contributed by atoms with Gasteiger partial charge in [0.2, 0.25) is 0 Å². The summed E-state index contributed by atoms with van der Waals surface area (Å²) in [5.74, 6) is 0.570. The van der Waals surface area contributed by atoms with Crippen LogP contribution in [0.1, 0.15) is 38.1 Å². The maximum atomic E-state index is 12.7. The first-order chi connectivity index (χ1) is 11.7. The molecule has 8 heteroatoms. The second-order valence-corrected chi connectivity index (χ2v) is 6.80. The smallest absolute Gasteiger partial charge is 0.271 e. The van der Waals surface area contributed by atoms with E-state index >= 15 is 0 Å². The van der Waals surface area contributed by atoms with E-state index in [2.05, 4.69) is 15.4 Å².